The summed E-state index contributed by atoms with van der Waals surface area (Å²) in [6.45, 7) is 4.50. The van der Waals surface area contributed by atoms with Gasteiger partial charge in [-0.1, -0.05) is 76.5 Å². The summed E-state index contributed by atoms with van der Waals surface area (Å²) < 4.78 is 6.35. The van der Waals surface area contributed by atoms with E-state index in [4.69, 9.17) is 4.74 Å². The van der Waals surface area contributed by atoms with E-state index in [9.17, 15) is 4.79 Å². The first-order valence-corrected chi connectivity index (χ1v) is 11.1. The molecule has 0 bridgehead atoms. The van der Waals surface area contributed by atoms with E-state index in [-0.39, 0.29) is 23.0 Å². The molecule has 162 valence electrons. The summed E-state index contributed by atoms with van der Waals surface area (Å²) in [6.07, 6.45) is 15.2. The van der Waals surface area contributed by atoms with E-state index >= 15 is 0 Å². The second-order valence-corrected chi connectivity index (χ2v) is 8.46. The molecule has 1 aromatic rings. The number of carbonyl (C=O) groups is 1. The topological polar surface area (TPSA) is 26.3 Å². The van der Waals surface area contributed by atoms with Crippen molar-refractivity contribution in [3.8, 4) is 5.75 Å². The molecule has 4 heteroatoms. The highest BCUT2D eigenvalue weighted by atomic mass is 79.9. The molecule has 0 aliphatic rings. The molecular formula is C24H42BrNO2. The van der Waals surface area contributed by atoms with Crippen molar-refractivity contribution in [3.63, 3.8) is 0 Å². The third-order valence-corrected chi connectivity index (χ3v) is 5.24. The zero-order chi connectivity index (χ0) is 19.8. The van der Waals surface area contributed by atoms with Crippen molar-refractivity contribution >= 4 is 5.97 Å². The molecule has 0 aliphatic heterocycles. The fraction of sp³-hybridized carbons (Fsp3) is 0.708. The summed E-state index contributed by atoms with van der Waals surface area (Å²) in [5.74, 6) is 0.516. The van der Waals surface area contributed by atoms with Crippen molar-refractivity contribution in [2.45, 2.75) is 84.0 Å². The van der Waals surface area contributed by atoms with Crippen LogP contribution in [0.5, 0.6) is 5.75 Å². The quantitative estimate of drug-likeness (QED) is 0.165. The lowest BCUT2D eigenvalue weighted by Gasteiger charge is -2.29. The number of carbonyl (C=O) groups excluding carboxylic acids is 1. The number of benzene rings is 1. The highest BCUT2D eigenvalue weighted by molar-refractivity contribution is 5.72. The van der Waals surface area contributed by atoms with E-state index < -0.39 is 0 Å². The first-order chi connectivity index (χ1) is 13.0. The first-order valence-electron chi connectivity index (χ1n) is 11.1. The summed E-state index contributed by atoms with van der Waals surface area (Å²) in [5.41, 5.74) is 0. The van der Waals surface area contributed by atoms with E-state index in [2.05, 4.69) is 21.0 Å². The Hall–Kier alpha value is -0.870. The average molecular weight is 457 g/mol. The van der Waals surface area contributed by atoms with Gasteiger partial charge in [-0.25, -0.2) is 0 Å². The van der Waals surface area contributed by atoms with Crippen LogP contribution in [0.25, 0.3) is 0 Å². The Morgan fingerprint density at radius 2 is 1.29 bits per heavy atom. The van der Waals surface area contributed by atoms with Gasteiger partial charge in [-0.2, -0.15) is 0 Å². The summed E-state index contributed by atoms with van der Waals surface area (Å²) in [6, 6.07) is 9.33. The van der Waals surface area contributed by atoms with E-state index in [0.29, 0.717) is 12.2 Å². The van der Waals surface area contributed by atoms with Crippen molar-refractivity contribution in [2.24, 2.45) is 0 Å². The Bertz CT molecular complexity index is 491. The molecule has 0 amide bonds. The van der Waals surface area contributed by atoms with Crippen LogP contribution < -0.4 is 21.7 Å². The van der Waals surface area contributed by atoms with Crippen LogP contribution in [0, 0.1) is 0 Å². The van der Waals surface area contributed by atoms with Crippen LogP contribution in [0.3, 0.4) is 0 Å². The smallest absolute Gasteiger partial charge is 0.311 e. The monoisotopic (exact) mass is 455 g/mol. The second kappa shape index (κ2) is 17.0. The zero-order valence-electron chi connectivity index (χ0n) is 18.4. The lowest BCUT2D eigenvalue weighted by atomic mass is 10.1. The molecule has 0 N–H and O–H groups in total. The fourth-order valence-electron chi connectivity index (χ4n) is 3.46. The maximum atomic E-state index is 11.9. The van der Waals surface area contributed by atoms with E-state index in [0.717, 1.165) is 17.4 Å². The number of rotatable bonds is 16. The summed E-state index contributed by atoms with van der Waals surface area (Å²) in [5, 5.41) is 0. The normalized spacial score (nSPS) is 11.1. The summed E-state index contributed by atoms with van der Waals surface area (Å²) >= 11 is 0. The van der Waals surface area contributed by atoms with Gasteiger partial charge < -0.3 is 26.2 Å². The fourth-order valence-corrected chi connectivity index (χ4v) is 3.46. The van der Waals surface area contributed by atoms with Gasteiger partial charge >= 0.3 is 5.97 Å². The number of hydrogen-bond donors (Lipinski definition) is 0. The van der Waals surface area contributed by atoms with Gasteiger partial charge in [-0.15, -0.1) is 0 Å². The summed E-state index contributed by atoms with van der Waals surface area (Å²) in [7, 11) is 4.55. The third-order valence-electron chi connectivity index (χ3n) is 5.24. The van der Waals surface area contributed by atoms with Gasteiger partial charge in [0, 0.05) is 6.42 Å². The zero-order valence-corrected chi connectivity index (χ0v) is 20.0. The van der Waals surface area contributed by atoms with Gasteiger partial charge in [0.2, 0.25) is 0 Å². The molecule has 0 fully saturated rings. The molecule has 0 heterocycles. The Morgan fingerprint density at radius 1 is 0.786 bits per heavy atom. The molecular weight excluding hydrogens is 414 g/mol. The number of quaternary nitrogens is 1. The van der Waals surface area contributed by atoms with Crippen LogP contribution >= 0.6 is 0 Å². The van der Waals surface area contributed by atoms with Crippen molar-refractivity contribution in [2.75, 3.05) is 27.2 Å². The number of ether oxygens (including phenoxy) is 1. The van der Waals surface area contributed by atoms with E-state index in [1.54, 1.807) is 0 Å². The maximum Gasteiger partial charge on any atom is 0.311 e. The second-order valence-electron chi connectivity index (χ2n) is 8.46. The number of hydrogen-bond acceptors (Lipinski definition) is 2. The van der Waals surface area contributed by atoms with Crippen molar-refractivity contribution in [1.29, 1.82) is 0 Å². The molecule has 1 aromatic carbocycles. The van der Waals surface area contributed by atoms with Crippen LogP contribution in [-0.2, 0) is 4.79 Å². The van der Waals surface area contributed by atoms with Crippen LogP contribution in [0.1, 0.15) is 84.0 Å². The van der Waals surface area contributed by atoms with Gasteiger partial charge in [0.05, 0.1) is 33.6 Å². The molecule has 1 rings (SSSR count). The molecule has 0 aromatic heterocycles. The van der Waals surface area contributed by atoms with E-state index in [1.807, 2.05) is 30.3 Å². The number of para-hydroxylation sites is 1. The predicted molar refractivity (Wildman–Crippen MR) is 115 cm³/mol. The minimum Gasteiger partial charge on any atom is -1.00 e. The number of halogens is 1. The van der Waals surface area contributed by atoms with Crippen molar-refractivity contribution in [3.05, 3.63) is 30.3 Å². The Morgan fingerprint density at radius 3 is 1.86 bits per heavy atom. The molecule has 0 aliphatic carbocycles. The van der Waals surface area contributed by atoms with Crippen LogP contribution in [0.15, 0.2) is 30.3 Å². The third kappa shape index (κ3) is 15.1. The molecule has 0 saturated carbocycles. The van der Waals surface area contributed by atoms with Crippen molar-refractivity contribution < 1.29 is 31.0 Å². The number of nitrogens with zero attached hydrogens (tertiary/aromatic N) is 1. The minimum atomic E-state index is -0.125. The number of esters is 1. The summed E-state index contributed by atoms with van der Waals surface area (Å²) in [4.78, 5) is 11.9. The van der Waals surface area contributed by atoms with Crippen LogP contribution in [-0.4, -0.2) is 37.6 Å². The maximum absolute atomic E-state index is 11.9. The first kappa shape index (κ1) is 27.1. The van der Waals surface area contributed by atoms with Crippen LogP contribution in [0.4, 0.5) is 0 Å². The minimum absolute atomic E-state index is 0. The highest BCUT2D eigenvalue weighted by Crippen LogP contribution is 2.13. The SMILES string of the molecule is CCCCCCCCCCCC[N+](C)(C)CCCC(=O)Oc1ccccc1.[Br-]. The van der Waals surface area contributed by atoms with Gasteiger partial charge in [-0.05, 0) is 25.0 Å². The van der Waals surface area contributed by atoms with Gasteiger partial charge in [0.1, 0.15) is 5.75 Å². The predicted octanol–water partition coefficient (Wildman–Crippen LogP) is 3.37. The van der Waals surface area contributed by atoms with Gasteiger partial charge in [-0.3, -0.25) is 4.79 Å². The molecule has 0 unspecified atom stereocenters. The van der Waals surface area contributed by atoms with Crippen LogP contribution in [0.2, 0.25) is 0 Å². The number of unbranched alkanes of at least 4 members (excludes halogenated alkanes) is 9. The van der Waals surface area contributed by atoms with Crippen molar-refractivity contribution in [1.82, 2.24) is 0 Å². The Kier molecular flexibility index (Phi) is 16.5. The molecule has 0 saturated heterocycles. The average Bonchev–Trinajstić information content (AvgIpc) is 2.64. The molecule has 0 atom stereocenters. The largest absolute Gasteiger partial charge is 1.00 e. The Balaban J connectivity index is 0.00000729. The molecule has 3 nitrogen and oxygen atoms in total. The van der Waals surface area contributed by atoms with Gasteiger partial charge in [0.25, 0.3) is 0 Å². The lowest BCUT2D eigenvalue weighted by Crippen LogP contribution is -3.00. The molecule has 0 radical (unpaired) electrons. The van der Waals surface area contributed by atoms with E-state index in [1.165, 1.54) is 70.8 Å². The standard InChI is InChI=1S/C24H42NO2.BrH/c1-4-5-6-7-8-9-10-11-12-16-21-25(2,3)22-17-20-24(26)27-23-18-14-13-15-19-23;/h13-15,18-19H,4-12,16-17,20-22H2,1-3H3;1H/q+1;/p-1. The van der Waals surface area contributed by atoms with Gasteiger partial charge in [0.15, 0.2) is 0 Å². The Labute approximate surface area is 184 Å². The molecule has 0 spiro atoms. The highest BCUT2D eigenvalue weighted by Gasteiger charge is 2.15. The lowest BCUT2D eigenvalue weighted by molar-refractivity contribution is -0.890. The molecule has 28 heavy (non-hydrogen) atoms.